The summed E-state index contributed by atoms with van der Waals surface area (Å²) < 4.78 is 2.78. The van der Waals surface area contributed by atoms with E-state index in [1.807, 2.05) is 22.7 Å². The lowest BCUT2D eigenvalue weighted by Crippen LogP contribution is -1.91. The molecule has 176 valence electrons. The number of benzene rings is 4. The zero-order valence-corrected chi connectivity index (χ0v) is 22.1. The minimum Gasteiger partial charge on any atom is -0.144 e. The molecule has 0 saturated heterocycles. The van der Waals surface area contributed by atoms with Crippen LogP contribution in [0.25, 0.3) is 41.7 Å². The Morgan fingerprint density at radius 1 is 0.543 bits per heavy atom. The van der Waals surface area contributed by atoms with Gasteiger partial charge in [-0.05, 0) is 100 Å². The number of rotatable bonds is 9. The van der Waals surface area contributed by atoms with E-state index in [4.69, 9.17) is 0 Å². The lowest BCUT2D eigenvalue weighted by Gasteiger charge is -2.05. The van der Waals surface area contributed by atoms with Crippen LogP contribution >= 0.6 is 22.7 Å². The summed E-state index contributed by atoms with van der Waals surface area (Å²) in [6.07, 6.45) is 10.2. The molecule has 0 aliphatic rings. The highest BCUT2D eigenvalue weighted by Crippen LogP contribution is 2.37. The van der Waals surface area contributed by atoms with Crippen LogP contribution < -0.4 is 0 Å². The van der Waals surface area contributed by atoms with Crippen molar-refractivity contribution in [2.24, 2.45) is 0 Å². The number of hydrogen-bond acceptors (Lipinski definition) is 2. The first-order chi connectivity index (χ1) is 17.3. The average Bonchev–Trinajstić information content (AvgIpc) is 3.54. The predicted octanol–water partition coefficient (Wildman–Crippen LogP) is 10.7. The fourth-order valence-electron chi connectivity index (χ4n) is 5.37. The molecule has 4 aromatic carbocycles. The van der Waals surface area contributed by atoms with Crippen molar-refractivity contribution in [3.8, 4) is 0 Å². The quantitative estimate of drug-likeness (QED) is 0.139. The Balaban J connectivity index is 1.19. The van der Waals surface area contributed by atoms with Gasteiger partial charge in [-0.1, -0.05) is 69.0 Å². The van der Waals surface area contributed by atoms with Gasteiger partial charge in [0.1, 0.15) is 0 Å². The maximum absolute atomic E-state index is 2.45. The molecule has 0 aliphatic heterocycles. The van der Waals surface area contributed by atoms with Gasteiger partial charge in [0.05, 0.1) is 0 Å². The van der Waals surface area contributed by atoms with E-state index in [0.717, 1.165) is 12.8 Å². The normalized spacial score (nSPS) is 11.9. The molecule has 0 atom stereocenters. The Morgan fingerprint density at radius 3 is 2.00 bits per heavy atom. The van der Waals surface area contributed by atoms with E-state index in [0.29, 0.717) is 0 Å². The summed E-state index contributed by atoms with van der Waals surface area (Å²) in [6.45, 7) is 2.28. The third kappa shape index (κ3) is 4.75. The van der Waals surface area contributed by atoms with Crippen molar-refractivity contribution in [3.63, 3.8) is 0 Å². The number of unbranched alkanes of at least 4 members (excludes halogenated alkanes) is 4. The van der Waals surface area contributed by atoms with Crippen LogP contribution in [0.5, 0.6) is 0 Å². The first kappa shape index (κ1) is 22.8. The Kier molecular flexibility index (Phi) is 6.59. The van der Waals surface area contributed by atoms with E-state index < -0.39 is 0 Å². The number of aryl methyl sites for hydroxylation is 3. The molecule has 0 bridgehead atoms. The Hall–Kier alpha value is -2.68. The van der Waals surface area contributed by atoms with Crippen LogP contribution in [0.15, 0.2) is 78.2 Å². The maximum atomic E-state index is 2.45. The van der Waals surface area contributed by atoms with E-state index >= 15 is 0 Å². The molecule has 0 saturated carbocycles. The third-order valence-electron chi connectivity index (χ3n) is 7.39. The molecule has 35 heavy (non-hydrogen) atoms. The minimum absolute atomic E-state index is 1.11. The fraction of sp³-hybridized carbons (Fsp3) is 0.273. The van der Waals surface area contributed by atoms with Crippen LogP contribution in [0.3, 0.4) is 0 Å². The molecule has 2 heteroatoms. The second-order valence-corrected chi connectivity index (χ2v) is 12.0. The molecule has 0 radical (unpaired) electrons. The van der Waals surface area contributed by atoms with Crippen LogP contribution in [-0.4, -0.2) is 0 Å². The largest absolute Gasteiger partial charge is 0.144 e. The number of hydrogen-bond donors (Lipinski definition) is 0. The van der Waals surface area contributed by atoms with E-state index in [9.17, 15) is 0 Å². The lowest BCUT2D eigenvalue weighted by molar-refractivity contribution is 0.632. The third-order valence-corrected chi connectivity index (χ3v) is 9.43. The van der Waals surface area contributed by atoms with Gasteiger partial charge in [0.2, 0.25) is 0 Å². The average molecular weight is 493 g/mol. The van der Waals surface area contributed by atoms with Crippen molar-refractivity contribution in [1.29, 1.82) is 0 Å². The van der Waals surface area contributed by atoms with E-state index in [2.05, 4.69) is 85.1 Å². The standard InChI is InChI=1S/C33H32S2/c1-2-3-4-5-6-7-23-8-10-24(11-9-23)12-15-27-22-31-30-21-25-13-16-32-28(18-19-34-32)29(25)20-26(30)14-17-33(31)35-27/h8-11,13-14,16-22H,2-7,12,15H2,1H3. The number of fused-ring (bicyclic) bond motifs is 6. The van der Waals surface area contributed by atoms with Gasteiger partial charge in [-0.15, -0.1) is 22.7 Å². The van der Waals surface area contributed by atoms with Crippen LogP contribution in [0, 0.1) is 0 Å². The first-order valence-corrected chi connectivity index (χ1v) is 14.8. The second-order valence-electron chi connectivity index (χ2n) is 9.86. The predicted molar refractivity (Wildman–Crippen MR) is 159 cm³/mol. The summed E-state index contributed by atoms with van der Waals surface area (Å²) >= 11 is 3.79. The summed E-state index contributed by atoms with van der Waals surface area (Å²) in [4.78, 5) is 1.49. The molecule has 0 amide bonds. The highest BCUT2D eigenvalue weighted by molar-refractivity contribution is 7.19. The molecule has 0 N–H and O–H groups in total. The molecule has 2 aromatic heterocycles. The fourth-order valence-corrected chi connectivity index (χ4v) is 7.25. The van der Waals surface area contributed by atoms with Gasteiger partial charge >= 0.3 is 0 Å². The smallest absolute Gasteiger partial charge is 0.0352 e. The zero-order valence-electron chi connectivity index (χ0n) is 20.5. The van der Waals surface area contributed by atoms with E-state index in [1.165, 1.54) is 96.2 Å². The summed E-state index contributed by atoms with van der Waals surface area (Å²) in [5, 5.41) is 10.4. The number of thiophene rings is 2. The van der Waals surface area contributed by atoms with Gasteiger partial charge in [-0.25, -0.2) is 0 Å². The van der Waals surface area contributed by atoms with Crippen molar-refractivity contribution in [3.05, 3.63) is 94.2 Å². The van der Waals surface area contributed by atoms with E-state index in [1.54, 1.807) is 0 Å². The monoisotopic (exact) mass is 492 g/mol. The van der Waals surface area contributed by atoms with Gasteiger partial charge < -0.3 is 0 Å². The highest BCUT2D eigenvalue weighted by Gasteiger charge is 2.09. The topological polar surface area (TPSA) is 0 Å². The van der Waals surface area contributed by atoms with Gasteiger partial charge in [-0.2, -0.15) is 0 Å². The molecule has 0 spiro atoms. The maximum Gasteiger partial charge on any atom is 0.0352 e. The summed E-state index contributed by atoms with van der Waals surface area (Å²) in [6, 6.07) is 28.1. The van der Waals surface area contributed by atoms with Crippen molar-refractivity contribution >= 4 is 64.4 Å². The minimum atomic E-state index is 1.11. The Bertz CT molecular complexity index is 1600. The van der Waals surface area contributed by atoms with Crippen LogP contribution in [-0.2, 0) is 19.3 Å². The molecule has 0 unspecified atom stereocenters. The van der Waals surface area contributed by atoms with Crippen molar-refractivity contribution in [2.45, 2.75) is 58.3 Å². The molecule has 6 rings (SSSR count). The summed E-state index contributed by atoms with van der Waals surface area (Å²) in [5.74, 6) is 0. The summed E-state index contributed by atoms with van der Waals surface area (Å²) in [5.41, 5.74) is 2.94. The molecule has 6 aromatic rings. The Labute approximate surface area is 216 Å². The van der Waals surface area contributed by atoms with Crippen molar-refractivity contribution in [1.82, 2.24) is 0 Å². The lowest BCUT2D eigenvalue weighted by atomic mass is 9.99. The molecule has 2 heterocycles. The van der Waals surface area contributed by atoms with Gasteiger partial charge in [-0.3, -0.25) is 0 Å². The van der Waals surface area contributed by atoms with E-state index in [-0.39, 0.29) is 0 Å². The van der Waals surface area contributed by atoms with Gasteiger partial charge in [0.25, 0.3) is 0 Å². The van der Waals surface area contributed by atoms with Gasteiger partial charge in [0.15, 0.2) is 0 Å². The van der Waals surface area contributed by atoms with Gasteiger partial charge in [0, 0.05) is 25.0 Å². The van der Waals surface area contributed by atoms with Crippen molar-refractivity contribution < 1.29 is 0 Å². The summed E-state index contributed by atoms with van der Waals surface area (Å²) in [7, 11) is 0. The van der Waals surface area contributed by atoms with Crippen LogP contribution in [0.4, 0.5) is 0 Å². The first-order valence-electron chi connectivity index (χ1n) is 13.1. The Morgan fingerprint density at radius 2 is 1.23 bits per heavy atom. The van der Waals surface area contributed by atoms with Crippen LogP contribution in [0.1, 0.15) is 55.0 Å². The second kappa shape index (κ2) is 10.1. The van der Waals surface area contributed by atoms with Crippen molar-refractivity contribution in [2.75, 3.05) is 0 Å². The molecule has 0 fully saturated rings. The molecular weight excluding hydrogens is 460 g/mol. The highest BCUT2D eigenvalue weighted by atomic mass is 32.1. The SMILES string of the molecule is CCCCCCCc1ccc(CCc2cc3c(ccc4cc5c(ccc6sccc65)cc43)s2)cc1. The molecular formula is C33H32S2. The molecule has 0 nitrogen and oxygen atoms in total. The zero-order chi connectivity index (χ0) is 23.6. The molecule has 0 aliphatic carbocycles. The van der Waals surface area contributed by atoms with Crippen LogP contribution in [0.2, 0.25) is 0 Å².